The first kappa shape index (κ1) is 12.3. The lowest BCUT2D eigenvalue weighted by Crippen LogP contribution is -2.33. The number of hydrogen-bond donors (Lipinski definition) is 2. The van der Waals surface area contributed by atoms with Crippen LogP contribution in [0.3, 0.4) is 0 Å². The Balaban J connectivity index is 1.90. The number of carboxylic acid groups (broad SMARTS) is 1. The van der Waals surface area contributed by atoms with Gasteiger partial charge in [-0.25, -0.2) is 9.78 Å². The average Bonchev–Trinajstić information content (AvgIpc) is 2.76. The van der Waals surface area contributed by atoms with Crippen molar-refractivity contribution < 1.29 is 14.6 Å². The van der Waals surface area contributed by atoms with Gasteiger partial charge in [-0.05, 0) is 18.3 Å². The van der Waals surface area contributed by atoms with E-state index in [-0.39, 0.29) is 11.1 Å². The molecule has 1 aromatic rings. The Hall–Kier alpha value is -1.14. The van der Waals surface area contributed by atoms with Crippen molar-refractivity contribution in [3.8, 4) is 0 Å². The van der Waals surface area contributed by atoms with Crippen LogP contribution in [0.2, 0.25) is 0 Å². The van der Waals surface area contributed by atoms with Crippen LogP contribution in [0.5, 0.6) is 0 Å². The summed E-state index contributed by atoms with van der Waals surface area (Å²) in [5, 5.41) is 14.2. The van der Waals surface area contributed by atoms with Crippen molar-refractivity contribution in [2.75, 3.05) is 25.1 Å². The van der Waals surface area contributed by atoms with Crippen LogP contribution >= 0.6 is 11.3 Å². The smallest absolute Gasteiger partial charge is 0.355 e. The van der Waals surface area contributed by atoms with Crippen LogP contribution in [0.15, 0.2) is 5.38 Å². The summed E-state index contributed by atoms with van der Waals surface area (Å²) in [6.07, 6.45) is 2.05. The van der Waals surface area contributed by atoms with Crippen molar-refractivity contribution in [2.24, 2.45) is 5.41 Å². The topological polar surface area (TPSA) is 71.5 Å². The van der Waals surface area contributed by atoms with Gasteiger partial charge in [0.15, 0.2) is 10.8 Å². The Kier molecular flexibility index (Phi) is 3.63. The molecular formula is C11H16N2O3S. The number of thiazole rings is 1. The molecule has 5 nitrogen and oxygen atoms in total. The zero-order valence-electron chi connectivity index (χ0n) is 9.73. The molecule has 0 bridgehead atoms. The first-order valence-corrected chi connectivity index (χ1v) is 6.47. The molecule has 0 saturated carbocycles. The zero-order chi connectivity index (χ0) is 12.3. The van der Waals surface area contributed by atoms with Gasteiger partial charge < -0.3 is 15.2 Å². The molecule has 0 aromatic carbocycles. The van der Waals surface area contributed by atoms with E-state index in [1.807, 2.05) is 0 Å². The number of aromatic carboxylic acids is 1. The van der Waals surface area contributed by atoms with E-state index in [0.717, 1.165) is 32.6 Å². The monoisotopic (exact) mass is 256 g/mol. The second-order valence-corrected chi connectivity index (χ2v) is 5.48. The van der Waals surface area contributed by atoms with Crippen molar-refractivity contribution in [1.82, 2.24) is 4.98 Å². The van der Waals surface area contributed by atoms with E-state index >= 15 is 0 Å². The van der Waals surface area contributed by atoms with Crippen molar-refractivity contribution in [2.45, 2.75) is 19.8 Å². The highest BCUT2D eigenvalue weighted by molar-refractivity contribution is 7.13. The van der Waals surface area contributed by atoms with E-state index in [1.165, 1.54) is 11.3 Å². The predicted molar refractivity (Wildman–Crippen MR) is 65.7 cm³/mol. The number of nitrogens with zero attached hydrogens (tertiary/aromatic N) is 1. The highest BCUT2D eigenvalue weighted by atomic mass is 32.1. The first-order valence-electron chi connectivity index (χ1n) is 5.60. The maximum absolute atomic E-state index is 10.7. The number of carboxylic acids is 1. The normalized spacial score (nSPS) is 18.9. The van der Waals surface area contributed by atoms with Crippen molar-refractivity contribution in [1.29, 1.82) is 0 Å². The van der Waals surface area contributed by atoms with Gasteiger partial charge in [0.25, 0.3) is 0 Å². The minimum absolute atomic E-state index is 0.106. The minimum atomic E-state index is -0.980. The molecule has 0 amide bonds. The van der Waals surface area contributed by atoms with Gasteiger partial charge in [0.05, 0.1) is 0 Å². The molecule has 0 unspecified atom stereocenters. The summed E-state index contributed by atoms with van der Waals surface area (Å²) in [5.74, 6) is -0.980. The molecule has 1 saturated heterocycles. The van der Waals surface area contributed by atoms with Gasteiger partial charge in [-0.15, -0.1) is 11.3 Å². The fraction of sp³-hybridized carbons (Fsp3) is 0.636. The minimum Gasteiger partial charge on any atom is -0.476 e. The number of carbonyl (C=O) groups is 1. The van der Waals surface area contributed by atoms with Crippen LogP contribution in [0.1, 0.15) is 30.3 Å². The van der Waals surface area contributed by atoms with Gasteiger partial charge in [-0.2, -0.15) is 0 Å². The van der Waals surface area contributed by atoms with Gasteiger partial charge >= 0.3 is 5.97 Å². The lowest BCUT2D eigenvalue weighted by molar-refractivity contribution is 0.0300. The second-order valence-electron chi connectivity index (χ2n) is 4.62. The van der Waals surface area contributed by atoms with Gasteiger partial charge in [-0.1, -0.05) is 6.92 Å². The standard InChI is InChI=1S/C11H16N2O3S/c1-11(2-4-16-5-3-11)7-12-10-13-8(6-17-10)9(14)15/h6H,2-5,7H2,1H3,(H,12,13)(H,14,15). The Labute approximate surface area is 104 Å². The Morgan fingerprint density at radius 3 is 2.94 bits per heavy atom. The number of nitrogens with one attached hydrogen (secondary N) is 1. The number of rotatable bonds is 4. The molecule has 2 rings (SSSR count). The van der Waals surface area contributed by atoms with E-state index in [0.29, 0.717) is 5.13 Å². The van der Waals surface area contributed by atoms with E-state index in [2.05, 4.69) is 17.2 Å². The first-order chi connectivity index (χ1) is 8.09. The lowest BCUT2D eigenvalue weighted by atomic mass is 9.82. The average molecular weight is 256 g/mol. The maximum atomic E-state index is 10.7. The fourth-order valence-corrected chi connectivity index (χ4v) is 2.47. The number of hydrogen-bond acceptors (Lipinski definition) is 5. The molecule has 1 aliphatic rings. The van der Waals surface area contributed by atoms with Crippen LogP contribution < -0.4 is 5.32 Å². The van der Waals surface area contributed by atoms with Crippen LogP contribution in [0.25, 0.3) is 0 Å². The molecule has 0 atom stereocenters. The number of anilines is 1. The number of ether oxygens (including phenoxy) is 1. The maximum Gasteiger partial charge on any atom is 0.355 e. The summed E-state index contributed by atoms with van der Waals surface area (Å²) in [7, 11) is 0. The van der Waals surface area contributed by atoms with Crippen LogP contribution in [-0.2, 0) is 4.74 Å². The highest BCUT2D eigenvalue weighted by Gasteiger charge is 2.27. The van der Waals surface area contributed by atoms with E-state index in [1.54, 1.807) is 5.38 Å². The molecule has 2 N–H and O–H groups in total. The molecule has 2 heterocycles. The van der Waals surface area contributed by atoms with E-state index in [4.69, 9.17) is 9.84 Å². The van der Waals surface area contributed by atoms with E-state index < -0.39 is 5.97 Å². The third kappa shape index (κ3) is 3.17. The summed E-state index contributed by atoms with van der Waals surface area (Å²) < 4.78 is 5.33. The third-order valence-corrected chi connectivity index (χ3v) is 3.89. The van der Waals surface area contributed by atoms with Crippen molar-refractivity contribution >= 4 is 22.4 Å². The van der Waals surface area contributed by atoms with Crippen molar-refractivity contribution in [3.63, 3.8) is 0 Å². The Bertz CT molecular complexity index is 399. The largest absolute Gasteiger partial charge is 0.476 e. The molecule has 0 radical (unpaired) electrons. The van der Waals surface area contributed by atoms with Crippen LogP contribution in [-0.4, -0.2) is 35.8 Å². The van der Waals surface area contributed by atoms with E-state index in [9.17, 15) is 4.79 Å². The fourth-order valence-electron chi connectivity index (χ4n) is 1.78. The second kappa shape index (κ2) is 5.01. The van der Waals surface area contributed by atoms with Crippen LogP contribution in [0, 0.1) is 5.41 Å². The predicted octanol–water partition coefficient (Wildman–Crippen LogP) is 2.07. The summed E-state index contributed by atoms with van der Waals surface area (Å²) in [6.45, 7) is 4.63. The Morgan fingerprint density at radius 1 is 1.65 bits per heavy atom. The molecule has 1 fully saturated rings. The lowest BCUT2D eigenvalue weighted by Gasteiger charge is -2.33. The molecule has 0 aliphatic carbocycles. The third-order valence-electron chi connectivity index (χ3n) is 3.09. The Morgan fingerprint density at radius 2 is 2.35 bits per heavy atom. The molecule has 0 spiro atoms. The van der Waals surface area contributed by atoms with Gasteiger partial charge in [-0.3, -0.25) is 0 Å². The number of aromatic nitrogens is 1. The summed E-state index contributed by atoms with van der Waals surface area (Å²) in [5.41, 5.74) is 0.322. The summed E-state index contributed by atoms with van der Waals surface area (Å²) in [6, 6.07) is 0. The molecule has 6 heteroatoms. The molecular weight excluding hydrogens is 240 g/mol. The van der Waals surface area contributed by atoms with Crippen molar-refractivity contribution in [3.05, 3.63) is 11.1 Å². The quantitative estimate of drug-likeness (QED) is 0.863. The zero-order valence-corrected chi connectivity index (χ0v) is 10.5. The molecule has 1 aromatic heterocycles. The van der Waals surface area contributed by atoms with Gasteiger partial charge in [0.1, 0.15) is 0 Å². The van der Waals surface area contributed by atoms with Gasteiger partial charge in [0.2, 0.25) is 0 Å². The summed E-state index contributed by atoms with van der Waals surface area (Å²) in [4.78, 5) is 14.7. The summed E-state index contributed by atoms with van der Waals surface area (Å²) >= 11 is 1.33. The highest BCUT2D eigenvalue weighted by Crippen LogP contribution is 2.30. The SMILES string of the molecule is CC1(CNc2nc(C(=O)O)cs2)CCOCC1. The van der Waals surface area contributed by atoms with Gasteiger partial charge in [0, 0.05) is 25.1 Å². The molecule has 94 valence electrons. The molecule has 17 heavy (non-hydrogen) atoms. The molecule has 1 aliphatic heterocycles. The van der Waals surface area contributed by atoms with Crippen LogP contribution in [0.4, 0.5) is 5.13 Å².